The van der Waals surface area contributed by atoms with Crippen LogP contribution in [0, 0.1) is 23.7 Å². The summed E-state index contributed by atoms with van der Waals surface area (Å²) in [5, 5.41) is 0. The van der Waals surface area contributed by atoms with Crippen LogP contribution in [-0.4, -0.2) is 16.4 Å². The van der Waals surface area contributed by atoms with E-state index in [1.165, 1.54) is 0 Å². The predicted molar refractivity (Wildman–Crippen MR) is 84.5 cm³/mol. The molecule has 0 heterocycles. The summed E-state index contributed by atoms with van der Waals surface area (Å²) in [5.41, 5.74) is 0. The molecule has 0 aliphatic heterocycles. The van der Waals surface area contributed by atoms with E-state index in [0.717, 1.165) is 6.42 Å². The van der Waals surface area contributed by atoms with Gasteiger partial charge in [-0.2, -0.15) is 0 Å². The number of hydrogen-bond acceptors (Lipinski definition) is 3. The van der Waals surface area contributed by atoms with Gasteiger partial charge in [0.25, 0.3) is 0 Å². The molecule has 0 aromatic heterocycles. The summed E-state index contributed by atoms with van der Waals surface area (Å²) in [7, 11) is 0. The molecule has 2 atom stereocenters. The molecule has 110 valence electrons. The third-order valence-electron chi connectivity index (χ3n) is 3.57. The highest BCUT2D eigenvalue weighted by Gasteiger charge is 2.35. The molecule has 0 amide bonds. The maximum atomic E-state index is 12.5. The molecule has 0 fully saturated rings. The van der Waals surface area contributed by atoms with Gasteiger partial charge in [0.2, 0.25) is 0 Å². The maximum absolute atomic E-state index is 12.5. The molecule has 0 aliphatic rings. The van der Waals surface area contributed by atoms with Crippen LogP contribution in [0.2, 0.25) is 0 Å². The first-order valence-electron chi connectivity index (χ1n) is 7.38. The third-order valence-corrected chi connectivity index (χ3v) is 4.24. The fraction of sp³-hybridized carbons (Fsp3) is 0.812. The average molecular weight is 284 g/mol. The van der Waals surface area contributed by atoms with Gasteiger partial charge in [0.05, 0.1) is 4.86 Å². The van der Waals surface area contributed by atoms with E-state index in [4.69, 9.17) is 12.2 Å². The lowest BCUT2D eigenvalue weighted by molar-refractivity contribution is -0.131. The van der Waals surface area contributed by atoms with Gasteiger partial charge in [-0.25, -0.2) is 0 Å². The van der Waals surface area contributed by atoms with Gasteiger partial charge in [0.1, 0.15) is 5.78 Å². The largest absolute Gasteiger partial charge is 0.299 e. The van der Waals surface area contributed by atoms with Crippen LogP contribution in [-0.2, 0) is 9.59 Å². The number of hydrogen-bond donors (Lipinski definition) is 0. The van der Waals surface area contributed by atoms with Crippen LogP contribution in [0.1, 0.15) is 60.8 Å². The minimum atomic E-state index is -0.251. The lowest BCUT2D eigenvalue weighted by Gasteiger charge is -2.28. The minimum Gasteiger partial charge on any atom is -0.299 e. The first-order chi connectivity index (χ1) is 8.77. The molecule has 0 aliphatic carbocycles. The zero-order valence-corrected chi connectivity index (χ0v) is 14.0. The predicted octanol–water partition coefficient (Wildman–Crippen LogP) is 4.25. The molecular weight excluding hydrogens is 256 g/mol. The van der Waals surface area contributed by atoms with Gasteiger partial charge < -0.3 is 0 Å². The number of carbonyl (C=O) groups excluding carboxylic acids is 2. The summed E-state index contributed by atoms with van der Waals surface area (Å²) in [4.78, 5) is 25.3. The SMILES string of the molecule is CCCC(=O)C(CC)C(C(=O)C(=S)C(C)C)C(C)C. The van der Waals surface area contributed by atoms with Gasteiger partial charge >= 0.3 is 0 Å². The van der Waals surface area contributed by atoms with Crippen LogP contribution >= 0.6 is 12.2 Å². The van der Waals surface area contributed by atoms with Crippen molar-refractivity contribution in [2.24, 2.45) is 23.7 Å². The summed E-state index contributed by atoms with van der Waals surface area (Å²) in [6.07, 6.45) is 2.11. The standard InChI is InChI=1S/C16H28O2S/c1-7-9-13(17)12(8-2)14(10(3)4)15(18)16(19)11(5)6/h10-12,14H,7-9H2,1-6H3. The lowest BCUT2D eigenvalue weighted by Crippen LogP contribution is -2.38. The normalized spacial score (nSPS) is 14.5. The van der Waals surface area contributed by atoms with E-state index in [9.17, 15) is 9.59 Å². The summed E-state index contributed by atoms with van der Waals surface area (Å²) < 4.78 is 0. The Bertz CT molecular complexity index is 332. The van der Waals surface area contributed by atoms with E-state index < -0.39 is 0 Å². The Morgan fingerprint density at radius 2 is 1.58 bits per heavy atom. The first kappa shape index (κ1) is 18.4. The maximum Gasteiger partial charge on any atom is 0.173 e. The molecule has 0 saturated heterocycles. The third kappa shape index (κ3) is 5.13. The molecule has 0 bridgehead atoms. The van der Waals surface area contributed by atoms with Crippen LogP contribution in [0.5, 0.6) is 0 Å². The second-order valence-electron chi connectivity index (χ2n) is 5.88. The lowest BCUT2D eigenvalue weighted by atomic mass is 9.74. The van der Waals surface area contributed by atoms with Gasteiger partial charge in [-0.05, 0) is 24.7 Å². The Hall–Kier alpha value is -0.570. The van der Waals surface area contributed by atoms with Gasteiger partial charge in [-0.15, -0.1) is 0 Å². The highest BCUT2D eigenvalue weighted by atomic mass is 32.1. The molecule has 0 rings (SSSR count). The monoisotopic (exact) mass is 284 g/mol. The number of carbonyl (C=O) groups is 2. The number of Topliss-reactive ketones (excluding diaryl/α,β-unsaturated/α-hetero) is 2. The zero-order valence-electron chi connectivity index (χ0n) is 13.2. The summed E-state index contributed by atoms with van der Waals surface area (Å²) >= 11 is 5.25. The Kier molecular flexibility index (Phi) is 8.31. The highest BCUT2D eigenvalue weighted by Crippen LogP contribution is 2.28. The van der Waals surface area contributed by atoms with Crippen LogP contribution in [0.3, 0.4) is 0 Å². The van der Waals surface area contributed by atoms with Crippen molar-refractivity contribution in [3.8, 4) is 0 Å². The highest BCUT2D eigenvalue weighted by molar-refractivity contribution is 7.82. The van der Waals surface area contributed by atoms with E-state index in [0.29, 0.717) is 17.7 Å². The first-order valence-corrected chi connectivity index (χ1v) is 7.79. The van der Waals surface area contributed by atoms with Crippen molar-refractivity contribution in [3.05, 3.63) is 0 Å². The second kappa shape index (κ2) is 8.57. The Labute approximate surface area is 123 Å². The Balaban J connectivity index is 5.23. The summed E-state index contributed by atoms with van der Waals surface area (Å²) in [5.74, 6) is 0.0144. The molecule has 0 radical (unpaired) electrons. The van der Waals surface area contributed by atoms with Gasteiger partial charge in [-0.1, -0.05) is 53.8 Å². The van der Waals surface area contributed by atoms with Crippen molar-refractivity contribution in [1.29, 1.82) is 0 Å². The molecular formula is C16H28O2S. The fourth-order valence-corrected chi connectivity index (χ4v) is 2.65. The Morgan fingerprint density at radius 3 is 1.89 bits per heavy atom. The zero-order chi connectivity index (χ0) is 15.2. The van der Waals surface area contributed by atoms with E-state index in [1.54, 1.807) is 0 Å². The smallest absolute Gasteiger partial charge is 0.173 e. The van der Waals surface area contributed by atoms with Crippen molar-refractivity contribution in [2.75, 3.05) is 0 Å². The van der Waals surface area contributed by atoms with Crippen LogP contribution in [0.15, 0.2) is 0 Å². The van der Waals surface area contributed by atoms with Gasteiger partial charge in [0.15, 0.2) is 5.78 Å². The molecule has 2 unspecified atom stereocenters. The topological polar surface area (TPSA) is 34.1 Å². The van der Waals surface area contributed by atoms with Crippen molar-refractivity contribution in [3.63, 3.8) is 0 Å². The van der Waals surface area contributed by atoms with Crippen molar-refractivity contribution >= 4 is 28.6 Å². The molecule has 3 heteroatoms. The number of thiocarbonyl (C=S) groups is 1. The summed E-state index contributed by atoms with van der Waals surface area (Å²) in [6.45, 7) is 11.9. The molecule has 19 heavy (non-hydrogen) atoms. The number of rotatable bonds is 9. The van der Waals surface area contributed by atoms with E-state index >= 15 is 0 Å². The molecule has 0 N–H and O–H groups in total. The second-order valence-corrected chi connectivity index (χ2v) is 6.32. The molecule has 0 spiro atoms. The van der Waals surface area contributed by atoms with Crippen LogP contribution < -0.4 is 0 Å². The van der Waals surface area contributed by atoms with E-state index in [2.05, 4.69) is 0 Å². The van der Waals surface area contributed by atoms with Gasteiger partial charge in [0, 0.05) is 18.3 Å². The molecule has 0 aromatic rings. The molecule has 2 nitrogen and oxygen atoms in total. The molecule has 0 aromatic carbocycles. The number of ketones is 2. The Morgan fingerprint density at radius 1 is 1.05 bits per heavy atom. The average Bonchev–Trinajstić information content (AvgIpc) is 2.33. The van der Waals surface area contributed by atoms with E-state index in [1.807, 2.05) is 41.5 Å². The minimum absolute atomic E-state index is 0.0105. The molecule has 0 saturated carbocycles. The van der Waals surface area contributed by atoms with Crippen LogP contribution in [0.4, 0.5) is 0 Å². The quantitative estimate of drug-likeness (QED) is 0.594. The van der Waals surface area contributed by atoms with E-state index in [-0.39, 0.29) is 35.2 Å². The van der Waals surface area contributed by atoms with Crippen molar-refractivity contribution in [2.45, 2.75) is 60.8 Å². The van der Waals surface area contributed by atoms with Crippen LogP contribution in [0.25, 0.3) is 0 Å². The van der Waals surface area contributed by atoms with Gasteiger partial charge in [-0.3, -0.25) is 9.59 Å². The van der Waals surface area contributed by atoms with Crippen molar-refractivity contribution in [1.82, 2.24) is 0 Å². The summed E-state index contributed by atoms with van der Waals surface area (Å²) in [6, 6.07) is 0. The fourth-order valence-electron chi connectivity index (χ4n) is 2.51. The van der Waals surface area contributed by atoms with Crippen molar-refractivity contribution < 1.29 is 9.59 Å².